The largest absolute Gasteiger partial charge is 0.490 e. The van der Waals surface area contributed by atoms with E-state index in [1.54, 1.807) is 17.2 Å². The maximum Gasteiger partial charge on any atom is 0.168 e. The zero-order chi connectivity index (χ0) is 21.6. The first kappa shape index (κ1) is 20.4. The first-order valence-corrected chi connectivity index (χ1v) is 10.3. The molecule has 0 radical (unpaired) electrons. The molecule has 0 saturated heterocycles. The van der Waals surface area contributed by atoms with Crippen LogP contribution in [-0.2, 0) is 6.54 Å². The van der Waals surface area contributed by atoms with Crippen molar-refractivity contribution < 1.29 is 9.47 Å². The molecule has 1 N–H and O–H groups in total. The molecule has 7 nitrogen and oxygen atoms in total. The van der Waals surface area contributed by atoms with Crippen LogP contribution in [-0.4, -0.2) is 33.0 Å². The van der Waals surface area contributed by atoms with Gasteiger partial charge in [0.15, 0.2) is 17.1 Å². The fourth-order valence-corrected chi connectivity index (χ4v) is 3.35. The second kappa shape index (κ2) is 9.30. The summed E-state index contributed by atoms with van der Waals surface area (Å²) in [6.45, 7) is 9.50. The smallest absolute Gasteiger partial charge is 0.168 e. The Labute approximate surface area is 181 Å². The molecule has 158 valence electrons. The Morgan fingerprint density at radius 2 is 1.87 bits per heavy atom. The number of hydrogen-bond donors (Lipinski definition) is 1. The molecule has 4 aromatic rings. The van der Waals surface area contributed by atoms with Crippen LogP contribution in [0.3, 0.4) is 0 Å². The van der Waals surface area contributed by atoms with Gasteiger partial charge in [-0.2, -0.15) is 5.10 Å². The van der Waals surface area contributed by atoms with Crippen molar-refractivity contribution >= 4 is 22.9 Å². The molecule has 2 heterocycles. The van der Waals surface area contributed by atoms with Crippen molar-refractivity contribution in [2.45, 2.75) is 20.4 Å². The van der Waals surface area contributed by atoms with Crippen molar-refractivity contribution in [3.8, 4) is 17.2 Å². The van der Waals surface area contributed by atoms with E-state index >= 15 is 0 Å². The topological polar surface area (TPSA) is 74.1 Å². The van der Waals surface area contributed by atoms with Gasteiger partial charge in [0.2, 0.25) is 0 Å². The molecule has 0 unspecified atom stereocenters. The number of nitrogens with zero attached hydrogens (tertiary/aromatic N) is 4. The van der Waals surface area contributed by atoms with Crippen LogP contribution in [0.15, 0.2) is 61.6 Å². The van der Waals surface area contributed by atoms with Gasteiger partial charge >= 0.3 is 0 Å². The van der Waals surface area contributed by atoms with E-state index in [1.165, 1.54) is 0 Å². The molecule has 2 aromatic carbocycles. The van der Waals surface area contributed by atoms with Gasteiger partial charge in [0, 0.05) is 6.54 Å². The summed E-state index contributed by atoms with van der Waals surface area (Å²) in [5, 5.41) is 8.78. The lowest BCUT2D eigenvalue weighted by atomic mass is 10.2. The third-order valence-corrected chi connectivity index (χ3v) is 4.78. The van der Waals surface area contributed by atoms with Gasteiger partial charge in [-0.25, -0.2) is 14.6 Å². The number of hydrogen-bond acceptors (Lipinski definition) is 6. The number of rotatable bonds is 9. The van der Waals surface area contributed by atoms with E-state index in [9.17, 15) is 0 Å². The molecule has 0 aliphatic rings. The monoisotopic (exact) mass is 415 g/mol. The molecule has 0 amide bonds. The quantitative estimate of drug-likeness (QED) is 0.420. The van der Waals surface area contributed by atoms with Gasteiger partial charge in [0.1, 0.15) is 12.1 Å². The molecule has 31 heavy (non-hydrogen) atoms. The Balaban J connectivity index is 1.59. The molecular formula is C24H25N5O2. The van der Waals surface area contributed by atoms with Crippen molar-refractivity contribution in [1.29, 1.82) is 0 Å². The van der Waals surface area contributed by atoms with Crippen LogP contribution < -0.4 is 14.8 Å². The number of fused-ring (bicyclic) bond motifs is 1. The lowest BCUT2D eigenvalue weighted by Crippen LogP contribution is -2.04. The molecule has 0 aliphatic heterocycles. The third-order valence-electron chi connectivity index (χ3n) is 4.78. The van der Waals surface area contributed by atoms with Crippen LogP contribution in [0.2, 0.25) is 0 Å². The fourth-order valence-electron chi connectivity index (χ4n) is 3.35. The van der Waals surface area contributed by atoms with Gasteiger partial charge in [-0.1, -0.05) is 30.9 Å². The standard InChI is InChI=1S/C24H25N5O2/c1-4-17-8-7-9-19(12-17)29-24-20(15-28-29)23(26-16-27-24)25-14-18-10-11-21(30-5-2)22(13-18)31-6-3/h4,7-13,15-16H,1,5-6,14H2,2-3H3,(H,25,26,27). The first-order chi connectivity index (χ1) is 15.2. The van der Waals surface area contributed by atoms with Crippen molar-refractivity contribution in [1.82, 2.24) is 19.7 Å². The molecule has 0 saturated carbocycles. The summed E-state index contributed by atoms with van der Waals surface area (Å²) in [5.41, 5.74) is 3.74. The highest BCUT2D eigenvalue weighted by Gasteiger charge is 2.12. The zero-order valence-electron chi connectivity index (χ0n) is 17.7. The van der Waals surface area contributed by atoms with Crippen molar-refractivity contribution in [2.24, 2.45) is 0 Å². The van der Waals surface area contributed by atoms with Gasteiger partial charge < -0.3 is 14.8 Å². The van der Waals surface area contributed by atoms with Gasteiger partial charge in [0.05, 0.1) is 30.5 Å². The van der Waals surface area contributed by atoms with E-state index in [2.05, 4.69) is 27.0 Å². The Morgan fingerprint density at radius 1 is 1.03 bits per heavy atom. The molecule has 0 atom stereocenters. The van der Waals surface area contributed by atoms with Gasteiger partial charge in [0.25, 0.3) is 0 Å². The fraction of sp³-hybridized carbons (Fsp3) is 0.208. The molecule has 7 heteroatoms. The van der Waals surface area contributed by atoms with Crippen LogP contribution in [0.4, 0.5) is 5.82 Å². The van der Waals surface area contributed by atoms with E-state index in [0.29, 0.717) is 19.8 Å². The van der Waals surface area contributed by atoms with Gasteiger partial charge in [-0.15, -0.1) is 0 Å². The lowest BCUT2D eigenvalue weighted by molar-refractivity contribution is 0.287. The summed E-state index contributed by atoms with van der Waals surface area (Å²) in [6, 6.07) is 13.9. The van der Waals surface area contributed by atoms with Crippen molar-refractivity contribution in [3.05, 3.63) is 72.7 Å². The Morgan fingerprint density at radius 3 is 2.68 bits per heavy atom. The van der Waals surface area contributed by atoms with Crippen LogP contribution in [0.1, 0.15) is 25.0 Å². The second-order valence-corrected chi connectivity index (χ2v) is 6.82. The highest BCUT2D eigenvalue weighted by atomic mass is 16.5. The van der Waals surface area contributed by atoms with E-state index in [0.717, 1.165) is 45.2 Å². The van der Waals surface area contributed by atoms with E-state index in [1.807, 2.05) is 62.4 Å². The van der Waals surface area contributed by atoms with E-state index in [-0.39, 0.29) is 0 Å². The highest BCUT2D eigenvalue weighted by molar-refractivity contribution is 5.87. The summed E-state index contributed by atoms with van der Waals surface area (Å²) >= 11 is 0. The zero-order valence-corrected chi connectivity index (χ0v) is 17.7. The van der Waals surface area contributed by atoms with Gasteiger partial charge in [-0.05, 0) is 49.2 Å². The first-order valence-electron chi connectivity index (χ1n) is 10.3. The molecule has 0 spiro atoms. The summed E-state index contributed by atoms with van der Waals surface area (Å²) < 4.78 is 13.2. The molecule has 0 bridgehead atoms. The Hall–Kier alpha value is -3.87. The second-order valence-electron chi connectivity index (χ2n) is 6.82. The van der Waals surface area contributed by atoms with Crippen LogP contribution in [0.5, 0.6) is 11.5 Å². The van der Waals surface area contributed by atoms with Crippen LogP contribution in [0.25, 0.3) is 22.8 Å². The maximum absolute atomic E-state index is 5.72. The van der Waals surface area contributed by atoms with E-state index in [4.69, 9.17) is 9.47 Å². The van der Waals surface area contributed by atoms with Crippen LogP contribution >= 0.6 is 0 Å². The average Bonchev–Trinajstić information content (AvgIpc) is 3.24. The summed E-state index contributed by atoms with van der Waals surface area (Å²) in [4.78, 5) is 8.87. The minimum atomic E-state index is 0.579. The normalized spacial score (nSPS) is 10.8. The lowest BCUT2D eigenvalue weighted by Gasteiger charge is -2.13. The predicted octanol–water partition coefficient (Wildman–Crippen LogP) is 4.87. The number of nitrogens with one attached hydrogen (secondary N) is 1. The highest BCUT2D eigenvalue weighted by Crippen LogP contribution is 2.29. The van der Waals surface area contributed by atoms with Gasteiger partial charge in [-0.3, -0.25) is 0 Å². The summed E-state index contributed by atoms with van der Waals surface area (Å²) in [7, 11) is 0. The molecular weight excluding hydrogens is 390 g/mol. The minimum absolute atomic E-state index is 0.579. The Kier molecular flexibility index (Phi) is 6.12. The average molecular weight is 415 g/mol. The number of ether oxygens (including phenoxy) is 2. The SMILES string of the molecule is C=Cc1cccc(-n2ncc3c(NCc4ccc(OCC)c(OCC)c4)ncnc32)c1. The minimum Gasteiger partial charge on any atom is -0.490 e. The Bertz CT molecular complexity index is 1200. The number of anilines is 1. The van der Waals surface area contributed by atoms with Crippen molar-refractivity contribution in [2.75, 3.05) is 18.5 Å². The number of aromatic nitrogens is 4. The predicted molar refractivity (Wildman–Crippen MR) is 123 cm³/mol. The third kappa shape index (κ3) is 4.35. The summed E-state index contributed by atoms with van der Waals surface area (Å²) in [5.74, 6) is 2.22. The molecule has 4 rings (SSSR count). The molecule has 0 aliphatic carbocycles. The van der Waals surface area contributed by atoms with Crippen LogP contribution in [0, 0.1) is 0 Å². The van der Waals surface area contributed by atoms with Crippen molar-refractivity contribution in [3.63, 3.8) is 0 Å². The summed E-state index contributed by atoms with van der Waals surface area (Å²) in [6.07, 6.45) is 5.14. The maximum atomic E-state index is 5.72. The molecule has 0 fully saturated rings. The molecule has 2 aromatic heterocycles. The number of benzene rings is 2. The van der Waals surface area contributed by atoms with E-state index < -0.39 is 0 Å².